The van der Waals surface area contributed by atoms with Crippen molar-refractivity contribution in [1.29, 1.82) is 0 Å². The molecule has 1 fully saturated rings. The van der Waals surface area contributed by atoms with Gasteiger partial charge in [-0.15, -0.1) is 0 Å². The molecule has 0 aromatic heterocycles. The second kappa shape index (κ2) is 10.8. The number of hydrogen-bond donors (Lipinski definition) is 1. The number of unbranched alkanes of at least 4 members (excludes halogenated alkanes) is 4. The van der Waals surface area contributed by atoms with Crippen LogP contribution in [0.5, 0.6) is 0 Å². The van der Waals surface area contributed by atoms with E-state index in [1.807, 2.05) is 0 Å². The van der Waals surface area contributed by atoms with Gasteiger partial charge in [0.1, 0.15) is 0 Å². The Morgan fingerprint density at radius 2 is 1.68 bits per heavy atom. The van der Waals surface area contributed by atoms with E-state index in [0.29, 0.717) is 6.04 Å². The largest absolute Gasteiger partial charge is 0.309 e. The molecule has 1 aliphatic rings. The van der Waals surface area contributed by atoms with Crippen LogP contribution in [0, 0.1) is 0 Å². The van der Waals surface area contributed by atoms with Gasteiger partial charge in [0.05, 0.1) is 0 Å². The average Bonchev–Trinajstić information content (AvgIpc) is 2.58. The molecule has 0 saturated carbocycles. The minimum absolute atomic E-state index is 0.491. The standard InChI is InChI=1S/C20H34N2/c1-2-3-4-5-10-15-21-20(19-13-8-6-9-14-19)18-22-16-11-7-12-17-22/h6,8-9,13-14,20-21H,2-5,7,10-12,15-18H2,1H3/t20-/m0/s1. The quantitative estimate of drug-likeness (QED) is 0.626. The van der Waals surface area contributed by atoms with E-state index in [1.165, 1.54) is 76.6 Å². The van der Waals surface area contributed by atoms with Crippen LogP contribution in [0.3, 0.4) is 0 Å². The van der Waals surface area contributed by atoms with Crippen LogP contribution in [0.1, 0.15) is 69.9 Å². The van der Waals surface area contributed by atoms with Gasteiger partial charge in [0.25, 0.3) is 0 Å². The van der Waals surface area contributed by atoms with Crippen LogP contribution >= 0.6 is 0 Å². The summed E-state index contributed by atoms with van der Waals surface area (Å²) in [4.78, 5) is 2.64. The Hall–Kier alpha value is -0.860. The van der Waals surface area contributed by atoms with Gasteiger partial charge in [-0.25, -0.2) is 0 Å². The van der Waals surface area contributed by atoms with Crippen LogP contribution in [0.25, 0.3) is 0 Å². The minimum atomic E-state index is 0.491. The molecule has 124 valence electrons. The molecule has 2 heteroatoms. The predicted octanol–water partition coefficient (Wildman–Crippen LogP) is 4.77. The lowest BCUT2D eigenvalue weighted by Crippen LogP contribution is -2.38. The van der Waals surface area contributed by atoms with Gasteiger partial charge in [-0.1, -0.05) is 69.4 Å². The topological polar surface area (TPSA) is 15.3 Å². The summed E-state index contributed by atoms with van der Waals surface area (Å²) < 4.78 is 0. The van der Waals surface area contributed by atoms with Crippen molar-refractivity contribution in [2.24, 2.45) is 0 Å². The number of nitrogens with one attached hydrogen (secondary N) is 1. The first-order valence-electron chi connectivity index (χ1n) is 9.41. The summed E-state index contributed by atoms with van der Waals surface area (Å²) in [6, 6.07) is 11.5. The Balaban J connectivity index is 1.79. The van der Waals surface area contributed by atoms with Crippen LogP contribution in [-0.4, -0.2) is 31.1 Å². The highest BCUT2D eigenvalue weighted by atomic mass is 15.2. The Labute approximate surface area is 137 Å². The summed E-state index contributed by atoms with van der Waals surface area (Å²) in [6.45, 7) is 7.15. The summed E-state index contributed by atoms with van der Waals surface area (Å²) >= 11 is 0. The smallest absolute Gasteiger partial charge is 0.0449 e. The maximum Gasteiger partial charge on any atom is 0.0449 e. The molecule has 2 nitrogen and oxygen atoms in total. The second-order valence-corrected chi connectivity index (χ2v) is 6.69. The first-order valence-corrected chi connectivity index (χ1v) is 9.41. The van der Waals surface area contributed by atoms with E-state index in [9.17, 15) is 0 Å². The molecule has 0 spiro atoms. The Kier molecular flexibility index (Phi) is 8.59. The monoisotopic (exact) mass is 302 g/mol. The fraction of sp³-hybridized carbons (Fsp3) is 0.700. The Morgan fingerprint density at radius 3 is 2.41 bits per heavy atom. The molecule has 0 radical (unpaired) electrons. The summed E-state index contributed by atoms with van der Waals surface area (Å²) in [5, 5.41) is 3.82. The summed E-state index contributed by atoms with van der Waals surface area (Å²) in [7, 11) is 0. The highest BCUT2D eigenvalue weighted by Crippen LogP contribution is 2.17. The summed E-state index contributed by atoms with van der Waals surface area (Å²) in [5.41, 5.74) is 1.45. The molecule has 0 aliphatic carbocycles. The molecule has 1 atom stereocenters. The summed E-state index contributed by atoms with van der Waals surface area (Å²) in [5.74, 6) is 0. The minimum Gasteiger partial charge on any atom is -0.309 e. The maximum atomic E-state index is 3.82. The lowest BCUT2D eigenvalue weighted by molar-refractivity contribution is 0.205. The third kappa shape index (κ3) is 6.50. The van der Waals surface area contributed by atoms with Crippen molar-refractivity contribution in [2.45, 2.75) is 64.3 Å². The van der Waals surface area contributed by atoms with Gasteiger partial charge in [-0.05, 0) is 44.5 Å². The molecule has 1 aromatic carbocycles. The molecule has 0 amide bonds. The number of rotatable bonds is 10. The van der Waals surface area contributed by atoms with E-state index >= 15 is 0 Å². The zero-order valence-corrected chi connectivity index (χ0v) is 14.4. The van der Waals surface area contributed by atoms with Crippen molar-refractivity contribution < 1.29 is 0 Å². The zero-order valence-electron chi connectivity index (χ0n) is 14.4. The molecule has 1 aromatic rings. The van der Waals surface area contributed by atoms with E-state index in [1.54, 1.807) is 0 Å². The maximum absolute atomic E-state index is 3.82. The first kappa shape index (κ1) is 17.5. The van der Waals surface area contributed by atoms with Gasteiger partial charge < -0.3 is 10.2 Å². The molecule has 2 rings (SSSR count). The van der Waals surface area contributed by atoms with Crippen molar-refractivity contribution in [3.8, 4) is 0 Å². The molecule has 1 N–H and O–H groups in total. The van der Waals surface area contributed by atoms with Crippen LogP contribution in [0.15, 0.2) is 30.3 Å². The van der Waals surface area contributed by atoms with E-state index in [-0.39, 0.29) is 0 Å². The van der Waals surface area contributed by atoms with Gasteiger partial charge in [0, 0.05) is 12.6 Å². The van der Waals surface area contributed by atoms with Crippen LogP contribution < -0.4 is 5.32 Å². The van der Waals surface area contributed by atoms with Crippen molar-refractivity contribution in [3.05, 3.63) is 35.9 Å². The molecule has 1 saturated heterocycles. The molecule has 1 heterocycles. The third-order valence-electron chi connectivity index (χ3n) is 4.76. The molecule has 22 heavy (non-hydrogen) atoms. The Morgan fingerprint density at radius 1 is 0.955 bits per heavy atom. The normalized spacial score (nSPS) is 17.5. The van der Waals surface area contributed by atoms with Crippen molar-refractivity contribution in [1.82, 2.24) is 10.2 Å². The number of hydrogen-bond acceptors (Lipinski definition) is 2. The molecule has 0 bridgehead atoms. The second-order valence-electron chi connectivity index (χ2n) is 6.69. The van der Waals surface area contributed by atoms with Gasteiger partial charge in [-0.3, -0.25) is 0 Å². The SMILES string of the molecule is CCCCCCCN[C@@H](CN1CCCCC1)c1ccccc1. The van der Waals surface area contributed by atoms with Crippen LogP contribution in [0.4, 0.5) is 0 Å². The molecule has 0 unspecified atom stereocenters. The molecular weight excluding hydrogens is 268 g/mol. The van der Waals surface area contributed by atoms with Crippen molar-refractivity contribution in [3.63, 3.8) is 0 Å². The number of benzene rings is 1. The zero-order chi connectivity index (χ0) is 15.5. The van der Waals surface area contributed by atoms with E-state index in [2.05, 4.69) is 47.5 Å². The fourth-order valence-electron chi connectivity index (χ4n) is 3.38. The van der Waals surface area contributed by atoms with Crippen LogP contribution in [-0.2, 0) is 0 Å². The number of nitrogens with zero attached hydrogens (tertiary/aromatic N) is 1. The first-order chi connectivity index (χ1) is 10.9. The van der Waals surface area contributed by atoms with Gasteiger partial charge >= 0.3 is 0 Å². The summed E-state index contributed by atoms with van der Waals surface area (Å²) in [6.07, 6.45) is 10.9. The fourth-order valence-corrected chi connectivity index (χ4v) is 3.38. The highest BCUT2D eigenvalue weighted by molar-refractivity contribution is 5.19. The molecule has 1 aliphatic heterocycles. The predicted molar refractivity (Wildman–Crippen MR) is 96.2 cm³/mol. The highest BCUT2D eigenvalue weighted by Gasteiger charge is 2.17. The van der Waals surface area contributed by atoms with Crippen molar-refractivity contribution in [2.75, 3.05) is 26.2 Å². The van der Waals surface area contributed by atoms with Gasteiger partial charge in [-0.2, -0.15) is 0 Å². The lowest BCUT2D eigenvalue weighted by Gasteiger charge is -2.31. The average molecular weight is 303 g/mol. The number of piperidine rings is 1. The lowest BCUT2D eigenvalue weighted by atomic mass is 10.0. The third-order valence-corrected chi connectivity index (χ3v) is 4.76. The number of likely N-dealkylation sites (tertiary alicyclic amines) is 1. The van der Waals surface area contributed by atoms with Gasteiger partial charge in [0.2, 0.25) is 0 Å². The Bertz CT molecular complexity index is 371. The van der Waals surface area contributed by atoms with E-state index in [0.717, 1.165) is 6.54 Å². The van der Waals surface area contributed by atoms with Gasteiger partial charge in [0.15, 0.2) is 0 Å². The van der Waals surface area contributed by atoms with Crippen molar-refractivity contribution >= 4 is 0 Å². The van der Waals surface area contributed by atoms with E-state index < -0.39 is 0 Å². The van der Waals surface area contributed by atoms with Crippen LogP contribution in [0.2, 0.25) is 0 Å². The van der Waals surface area contributed by atoms with E-state index in [4.69, 9.17) is 0 Å². The molecular formula is C20H34N2.